The highest BCUT2D eigenvalue weighted by Gasteiger charge is 2.13. The highest BCUT2D eigenvalue weighted by Crippen LogP contribution is 2.16. The number of methoxy groups -OCH3 is 1. The maximum Gasteiger partial charge on any atom is 0.315 e. The molecule has 0 radical (unpaired) electrons. The topological polar surface area (TPSA) is 66.2 Å². The predicted molar refractivity (Wildman–Crippen MR) is 87.1 cm³/mol. The summed E-state index contributed by atoms with van der Waals surface area (Å²) in [6.07, 6.45) is 1.64. The lowest BCUT2D eigenvalue weighted by Crippen LogP contribution is -2.25. The summed E-state index contributed by atoms with van der Waals surface area (Å²) in [5.41, 5.74) is 1.80. The lowest BCUT2D eigenvalue weighted by molar-refractivity contribution is 0.320. The number of hydrogen-bond acceptors (Lipinski definition) is 5. The van der Waals surface area contributed by atoms with Crippen molar-refractivity contribution < 1.29 is 9.47 Å². The van der Waals surface area contributed by atoms with Crippen molar-refractivity contribution in [3.63, 3.8) is 0 Å². The molecule has 3 aromatic rings. The zero-order valence-corrected chi connectivity index (χ0v) is 13.0. The Morgan fingerprint density at radius 3 is 2.87 bits per heavy atom. The van der Waals surface area contributed by atoms with Crippen molar-refractivity contribution in [3.05, 3.63) is 58.5 Å². The summed E-state index contributed by atoms with van der Waals surface area (Å²) in [4.78, 5) is 21.2. The van der Waals surface area contributed by atoms with Crippen LogP contribution in [0.1, 0.15) is 12.5 Å². The molecule has 0 N–H and O–H groups in total. The van der Waals surface area contributed by atoms with Crippen molar-refractivity contribution in [2.45, 2.75) is 13.5 Å². The van der Waals surface area contributed by atoms with E-state index in [1.807, 2.05) is 37.3 Å². The summed E-state index contributed by atoms with van der Waals surface area (Å²) < 4.78 is 12.2. The fourth-order valence-electron chi connectivity index (χ4n) is 2.38. The molecule has 23 heavy (non-hydrogen) atoms. The summed E-state index contributed by atoms with van der Waals surface area (Å²) in [5.74, 6) is 0.836. The largest absolute Gasteiger partial charge is 0.497 e. The van der Waals surface area contributed by atoms with Gasteiger partial charge in [-0.25, -0.2) is 9.97 Å². The van der Waals surface area contributed by atoms with Gasteiger partial charge in [0.15, 0.2) is 5.65 Å². The molecule has 1 aromatic carbocycles. The van der Waals surface area contributed by atoms with Crippen molar-refractivity contribution in [3.8, 4) is 11.6 Å². The van der Waals surface area contributed by atoms with Gasteiger partial charge in [0.05, 0.1) is 20.3 Å². The van der Waals surface area contributed by atoms with Crippen molar-refractivity contribution in [1.29, 1.82) is 0 Å². The Labute approximate surface area is 133 Å². The fourth-order valence-corrected chi connectivity index (χ4v) is 2.38. The normalized spacial score (nSPS) is 10.7. The number of rotatable bonds is 5. The van der Waals surface area contributed by atoms with Gasteiger partial charge in [0.1, 0.15) is 11.3 Å². The van der Waals surface area contributed by atoms with Crippen LogP contribution in [0.25, 0.3) is 11.2 Å². The van der Waals surface area contributed by atoms with Crippen molar-refractivity contribution in [2.75, 3.05) is 13.7 Å². The van der Waals surface area contributed by atoms with E-state index in [1.165, 1.54) is 0 Å². The average molecular weight is 311 g/mol. The van der Waals surface area contributed by atoms with Crippen LogP contribution in [0.5, 0.6) is 11.6 Å². The van der Waals surface area contributed by atoms with Gasteiger partial charge in [0.25, 0.3) is 5.88 Å². The van der Waals surface area contributed by atoms with E-state index >= 15 is 0 Å². The quantitative estimate of drug-likeness (QED) is 0.723. The summed E-state index contributed by atoms with van der Waals surface area (Å²) in [6, 6.07) is 11.2. The first kappa shape index (κ1) is 15.0. The van der Waals surface area contributed by atoms with E-state index in [0.717, 1.165) is 11.3 Å². The van der Waals surface area contributed by atoms with Gasteiger partial charge in [0, 0.05) is 6.20 Å². The molecule has 118 valence electrons. The standard InChI is InChI=1S/C17H17N3O3/c1-3-23-16-17(21)20(15-14(19-16)8-5-9-18-15)11-12-6-4-7-13(10-12)22-2/h4-10H,3,11H2,1-2H3. The Morgan fingerprint density at radius 1 is 1.22 bits per heavy atom. The molecule has 2 aromatic heterocycles. The van der Waals surface area contributed by atoms with E-state index in [0.29, 0.717) is 24.3 Å². The van der Waals surface area contributed by atoms with Crippen LogP contribution >= 0.6 is 0 Å². The molecule has 0 bridgehead atoms. The summed E-state index contributed by atoms with van der Waals surface area (Å²) in [7, 11) is 1.61. The maximum absolute atomic E-state index is 12.6. The molecule has 2 heterocycles. The minimum atomic E-state index is -0.291. The number of aromatic nitrogens is 3. The van der Waals surface area contributed by atoms with E-state index < -0.39 is 0 Å². The molecular weight excluding hydrogens is 294 g/mol. The molecule has 0 saturated carbocycles. The number of hydrogen-bond donors (Lipinski definition) is 0. The molecule has 0 amide bonds. The monoisotopic (exact) mass is 311 g/mol. The Balaban J connectivity index is 2.14. The first-order chi connectivity index (χ1) is 11.2. The minimum absolute atomic E-state index is 0.0934. The molecule has 0 aliphatic heterocycles. The van der Waals surface area contributed by atoms with Crippen LogP contribution in [0.3, 0.4) is 0 Å². The Bertz CT molecular complexity index is 890. The number of nitrogens with zero attached hydrogens (tertiary/aromatic N) is 3. The van der Waals surface area contributed by atoms with Gasteiger partial charge in [0.2, 0.25) is 0 Å². The van der Waals surface area contributed by atoms with Crippen LogP contribution in [0.2, 0.25) is 0 Å². The highest BCUT2D eigenvalue weighted by molar-refractivity contribution is 5.70. The van der Waals surface area contributed by atoms with Crippen LogP contribution in [0.15, 0.2) is 47.4 Å². The van der Waals surface area contributed by atoms with E-state index in [4.69, 9.17) is 9.47 Å². The van der Waals surface area contributed by atoms with Crippen LogP contribution in [0.4, 0.5) is 0 Å². The first-order valence-corrected chi connectivity index (χ1v) is 7.34. The number of benzene rings is 1. The van der Waals surface area contributed by atoms with Gasteiger partial charge in [-0.05, 0) is 36.8 Å². The van der Waals surface area contributed by atoms with Gasteiger partial charge >= 0.3 is 5.56 Å². The number of fused-ring (bicyclic) bond motifs is 1. The lowest BCUT2D eigenvalue weighted by atomic mass is 10.2. The molecule has 0 aliphatic rings. The Morgan fingerprint density at radius 2 is 2.09 bits per heavy atom. The summed E-state index contributed by atoms with van der Waals surface area (Å²) in [5, 5.41) is 0. The third-order valence-corrected chi connectivity index (χ3v) is 3.43. The van der Waals surface area contributed by atoms with Crippen LogP contribution in [0, 0.1) is 0 Å². The van der Waals surface area contributed by atoms with E-state index in [1.54, 1.807) is 23.9 Å². The van der Waals surface area contributed by atoms with Crippen molar-refractivity contribution in [2.24, 2.45) is 0 Å². The first-order valence-electron chi connectivity index (χ1n) is 7.34. The number of pyridine rings is 1. The molecule has 0 saturated heterocycles. The molecule has 0 unspecified atom stereocenters. The average Bonchev–Trinajstić information content (AvgIpc) is 2.59. The van der Waals surface area contributed by atoms with Crippen LogP contribution in [-0.2, 0) is 6.54 Å². The maximum atomic E-state index is 12.6. The summed E-state index contributed by atoms with van der Waals surface area (Å²) >= 11 is 0. The van der Waals surface area contributed by atoms with Crippen molar-refractivity contribution in [1.82, 2.24) is 14.5 Å². The van der Waals surface area contributed by atoms with E-state index in [-0.39, 0.29) is 11.4 Å². The SMILES string of the molecule is CCOc1nc2cccnc2n(Cc2cccc(OC)c2)c1=O. The minimum Gasteiger partial charge on any atom is -0.497 e. The second-order valence-corrected chi connectivity index (χ2v) is 4.94. The Kier molecular flexibility index (Phi) is 4.23. The molecular formula is C17H17N3O3. The molecule has 0 spiro atoms. The second kappa shape index (κ2) is 6.48. The smallest absolute Gasteiger partial charge is 0.315 e. The zero-order chi connectivity index (χ0) is 16.2. The fraction of sp³-hybridized carbons (Fsp3) is 0.235. The third kappa shape index (κ3) is 3.01. The van der Waals surface area contributed by atoms with Gasteiger partial charge in [-0.3, -0.25) is 9.36 Å². The van der Waals surface area contributed by atoms with Gasteiger partial charge in [-0.15, -0.1) is 0 Å². The van der Waals surface area contributed by atoms with Gasteiger partial charge in [-0.2, -0.15) is 0 Å². The van der Waals surface area contributed by atoms with Crippen LogP contribution < -0.4 is 15.0 Å². The number of ether oxygens (including phenoxy) is 2. The van der Waals surface area contributed by atoms with Gasteiger partial charge in [-0.1, -0.05) is 12.1 Å². The summed E-state index contributed by atoms with van der Waals surface area (Å²) in [6.45, 7) is 2.57. The van der Waals surface area contributed by atoms with E-state index in [2.05, 4.69) is 9.97 Å². The molecule has 3 rings (SSSR count). The third-order valence-electron chi connectivity index (χ3n) is 3.43. The lowest BCUT2D eigenvalue weighted by Gasteiger charge is -2.12. The van der Waals surface area contributed by atoms with Crippen LogP contribution in [-0.4, -0.2) is 28.3 Å². The molecule has 0 fully saturated rings. The zero-order valence-electron chi connectivity index (χ0n) is 13.0. The van der Waals surface area contributed by atoms with E-state index in [9.17, 15) is 4.79 Å². The molecule has 0 atom stereocenters. The molecule has 6 nitrogen and oxygen atoms in total. The molecule has 6 heteroatoms. The molecule has 0 aliphatic carbocycles. The predicted octanol–water partition coefficient (Wildman–Crippen LogP) is 2.25. The second-order valence-electron chi connectivity index (χ2n) is 4.94. The highest BCUT2D eigenvalue weighted by atomic mass is 16.5. The van der Waals surface area contributed by atoms with Crippen molar-refractivity contribution >= 4 is 11.2 Å². The Hall–Kier alpha value is -2.89. The van der Waals surface area contributed by atoms with Gasteiger partial charge < -0.3 is 9.47 Å².